The van der Waals surface area contributed by atoms with Gasteiger partial charge in [0.15, 0.2) is 0 Å². The molecule has 0 aromatic heterocycles. The van der Waals surface area contributed by atoms with E-state index >= 15 is 0 Å². The highest BCUT2D eigenvalue weighted by Gasteiger charge is 2.36. The Morgan fingerprint density at radius 2 is 2.00 bits per heavy atom. The second kappa shape index (κ2) is 8.49. The molecule has 2 amide bonds. The number of carbonyl (C=O) groups excluding carboxylic acids is 2. The summed E-state index contributed by atoms with van der Waals surface area (Å²) in [7, 11) is 0. The van der Waals surface area contributed by atoms with Gasteiger partial charge in [-0.1, -0.05) is 0 Å². The molecular weight excluding hydrogens is 316 g/mol. The molecule has 3 aliphatic heterocycles. The Kier molecular flexibility index (Phi) is 6.34. The van der Waals surface area contributed by atoms with E-state index in [1.807, 2.05) is 4.90 Å². The molecule has 0 aromatic rings. The number of hydrogen-bond donors (Lipinski definition) is 2. The van der Waals surface area contributed by atoms with Crippen LogP contribution >= 0.6 is 0 Å². The summed E-state index contributed by atoms with van der Waals surface area (Å²) < 4.78 is 0. The van der Waals surface area contributed by atoms with Crippen LogP contribution in [0.15, 0.2) is 0 Å². The summed E-state index contributed by atoms with van der Waals surface area (Å²) in [6.07, 6.45) is 6.37. The van der Waals surface area contributed by atoms with Crippen LogP contribution < -0.4 is 10.6 Å². The van der Waals surface area contributed by atoms with E-state index < -0.39 is 0 Å². The predicted octanol–water partition coefficient (Wildman–Crippen LogP) is 0.966. The van der Waals surface area contributed by atoms with Gasteiger partial charge >= 0.3 is 0 Å². The Bertz CT molecular complexity index is 476. The summed E-state index contributed by atoms with van der Waals surface area (Å²) in [6, 6.07) is 0.333. The second-order valence-electron chi connectivity index (χ2n) is 8.18. The van der Waals surface area contributed by atoms with Crippen molar-refractivity contribution < 1.29 is 9.59 Å². The lowest BCUT2D eigenvalue weighted by atomic mass is 9.93. The van der Waals surface area contributed by atoms with E-state index in [0.717, 1.165) is 71.2 Å². The highest BCUT2D eigenvalue weighted by Crippen LogP contribution is 2.25. The summed E-state index contributed by atoms with van der Waals surface area (Å²) in [5, 5.41) is 6.39. The summed E-state index contributed by atoms with van der Waals surface area (Å²) in [4.78, 5) is 29.4. The Balaban J connectivity index is 1.50. The summed E-state index contributed by atoms with van der Waals surface area (Å²) in [5.74, 6) is 0.914. The second-order valence-corrected chi connectivity index (χ2v) is 8.18. The van der Waals surface area contributed by atoms with Gasteiger partial charge in [-0.05, 0) is 71.4 Å². The van der Waals surface area contributed by atoms with E-state index in [2.05, 4.69) is 29.4 Å². The number of piperidine rings is 2. The van der Waals surface area contributed by atoms with Crippen LogP contribution in [0.4, 0.5) is 0 Å². The third kappa shape index (κ3) is 4.53. The van der Waals surface area contributed by atoms with Crippen molar-refractivity contribution in [2.24, 2.45) is 5.92 Å². The maximum absolute atomic E-state index is 12.8. The van der Waals surface area contributed by atoms with Crippen LogP contribution in [-0.4, -0.2) is 72.5 Å². The van der Waals surface area contributed by atoms with E-state index in [4.69, 9.17) is 0 Å². The average Bonchev–Trinajstić information content (AvgIpc) is 3.14. The fraction of sp³-hybridized carbons (Fsp3) is 0.895. The molecule has 0 aromatic carbocycles. The van der Waals surface area contributed by atoms with Crippen molar-refractivity contribution in [3.05, 3.63) is 0 Å². The maximum Gasteiger partial charge on any atom is 0.240 e. The smallest absolute Gasteiger partial charge is 0.240 e. The van der Waals surface area contributed by atoms with Gasteiger partial charge in [0.1, 0.15) is 0 Å². The summed E-state index contributed by atoms with van der Waals surface area (Å²) in [6.45, 7) is 8.73. The number of nitrogens with one attached hydrogen (secondary N) is 2. The molecule has 2 N–H and O–H groups in total. The van der Waals surface area contributed by atoms with Gasteiger partial charge in [0.2, 0.25) is 11.8 Å². The molecule has 0 aliphatic carbocycles. The number of likely N-dealkylation sites (tertiary alicyclic amines) is 2. The monoisotopic (exact) mass is 350 g/mol. The minimum Gasteiger partial charge on any atom is -0.354 e. The van der Waals surface area contributed by atoms with Gasteiger partial charge in [-0.2, -0.15) is 0 Å². The molecule has 6 heteroatoms. The molecule has 3 atom stereocenters. The van der Waals surface area contributed by atoms with Crippen LogP contribution in [0.3, 0.4) is 0 Å². The van der Waals surface area contributed by atoms with Gasteiger partial charge in [0, 0.05) is 25.7 Å². The number of amides is 2. The SMILES string of the molecule is CC(C)N1CCCC(N2CCCC(CNC(=O)C3CCCN3)C2)C1=O. The molecule has 3 rings (SSSR count). The van der Waals surface area contributed by atoms with Crippen molar-refractivity contribution in [1.82, 2.24) is 20.4 Å². The maximum atomic E-state index is 12.8. The van der Waals surface area contributed by atoms with Crippen molar-refractivity contribution >= 4 is 11.8 Å². The first-order valence-corrected chi connectivity index (χ1v) is 10.1. The molecule has 0 radical (unpaired) electrons. The quantitative estimate of drug-likeness (QED) is 0.775. The third-order valence-electron chi connectivity index (χ3n) is 6.00. The first-order chi connectivity index (χ1) is 12.1. The topological polar surface area (TPSA) is 64.7 Å². The van der Waals surface area contributed by atoms with Crippen LogP contribution in [0.2, 0.25) is 0 Å². The lowest BCUT2D eigenvalue weighted by molar-refractivity contribution is -0.143. The van der Waals surface area contributed by atoms with Gasteiger partial charge in [-0.15, -0.1) is 0 Å². The lowest BCUT2D eigenvalue weighted by Crippen LogP contribution is -2.57. The number of rotatable bonds is 5. The summed E-state index contributed by atoms with van der Waals surface area (Å²) >= 11 is 0. The molecule has 25 heavy (non-hydrogen) atoms. The van der Waals surface area contributed by atoms with Crippen molar-refractivity contribution in [3.63, 3.8) is 0 Å². The van der Waals surface area contributed by atoms with Crippen LogP contribution in [0.25, 0.3) is 0 Å². The largest absolute Gasteiger partial charge is 0.354 e. The highest BCUT2D eigenvalue weighted by molar-refractivity contribution is 5.83. The molecular formula is C19H34N4O2. The van der Waals surface area contributed by atoms with E-state index in [1.165, 1.54) is 0 Å². The Hall–Kier alpha value is -1.14. The zero-order chi connectivity index (χ0) is 17.8. The van der Waals surface area contributed by atoms with E-state index in [9.17, 15) is 9.59 Å². The van der Waals surface area contributed by atoms with E-state index in [-0.39, 0.29) is 24.0 Å². The van der Waals surface area contributed by atoms with E-state index in [0.29, 0.717) is 11.8 Å². The molecule has 3 saturated heterocycles. The zero-order valence-corrected chi connectivity index (χ0v) is 15.8. The molecule has 142 valence electrons. The Morgan fingerprint density at radius 3 is 2.72 bits per heavy atom. The van der Waals surface area contributed by atoms with Gasteiger partial charge in [-0.25, -0.2) is 0 Å². The van der Waals surface area contributed by atoms with Crippen molar-refractivity contribution in [3.8, 4) is 0 Å². The van der Waals surface area contributed by atoms with Crippen LogP contribution in [0.1, 0.15) is 52.4 Å². The first-order valence-electron chi connectivity index (χ1n) is 10.1. The molecule has 3 aliphatic rings. The van der Waals surface area contributed by atoms with Gasteiger partial charge in [0.05, 0.1) is 12.1 Å². The van der Waals surface area contributed by atoms with Crippen LogP contribution in [-0.2, 0) is 9.59 Å². The minimum atomic E-state index is -0.000726. The summed E-state index contributed by atoms with van der Waals surface area (Å²) in [5.41, 5.74) is 0. The number of nitrogens with zero attached hydrogens (tertiary/aromatic N) is 2. The van der Waals surface area contributed by atoms with Crippen LogP contribution in [0.5, 0.6) is 0 Å². The molecule has 3 fully saturated rings. The van der Waals surface area contributed by atoms with Crippen molar-refractivity contribution in [1.29, 1.82) is 0 Å². The molecule has 3 unspecified atom stereocenters. The molecule has 0 saturated carbocycles. The van der Waals surface area contributed by atoms with Crippen molar-refractivity contribution in [2.75, 3.05) is 32.7 Å². The van der Waals surface area contributed by atoms with Gasteiger partial charge in [-0.3, -0.25) is 14.5 Å². The van der Waals surface area contributed by atoms with Crippen LogP contribution in [0, 0.1) is 5.92 Å². The molecule has 6 nitrogen and oxygen atoms in total. The van der Waals surface area contributed by atoms with Gasteiger partial charge < -0.3 is 15.5 Å². The fourth-order valence-electron chi connectivity index (χ4n) is 4.55. The average molecular weight is 351 g/mol. The van der Waals surface area contributed by atoms with Gasteiger partial charge in [0.25, 0.3) is 0 Å². The normalized spacial score (nSPS) is 31.6. The number of carbonyl (C=O) groups is 2. The molecule has 0 spiro atoms. The third-order valence-corrected chi connectivity index (χ3v) is 6.00. The molecule has 3 heterocycles. The van der Waals surface area contributed by atoms with E-state index in [1.54, 1.807) is 0 Å². The number of hydrogen-bond acceptors (Lipinski definition) is 4. The highest BCUT2D eigenvalue weighted by atomic mass is 16.2. The standard InChI is InChI=1S/C19H34N4O2/c1-14(2)23-11-5-8-17(19(23)25)22-10-4-6-15(13-22)12-21-18(24)16-7-3-9-20-16/h14-17,20H,3-13H2,1-2H3,(H,21,24). The zero-order valence-electron chi connectivity index (χ0n) is 15.8. The van der Waals surface area contributed by atoms with Crippen molar-refractivity contribution in [2.45, 2.75) is 70.5 Å². The Morgan fingerprint density at radius 1 is 1.20 bits per heavy atom. The minimum absolute atomic E-state index is 0.000726. The fourth-order valence-corrected chi connectivity index (χ4v) is 4.55. The first kappa shape index (κ1) is 18.6. The Labute approximate surface area is 151 Å². The predicted molar refractivity (Wildman–Crippen MR) is 98.2 cm³/mol. The lowest BCUT2D eigenvalue weighted by Gasteiger charge is -2.43. The molecule has 0 bridgehead atoms.